The molecule has 0 fully saturated rings. The lowest BCUT2D eigenvalue weighted by atomic mass is 10.2. The Labute approximate surface area is 248 Å². The molecule has 0 amide bonds. The summed E-state index contributed by atoms with van der Waals surface area (Å²) in [7, 11) is -6.71. The van der Waals surface area contributed by atoms with Gasteiger partial charge in [-0.2, -0.15) is 9.97 Å². The topological polar surface area (TPSA) is 145 Å². The Morgan fingerprint density at radius 3 is 1.73 bits per heavy atom. The first-order valence-electron chi connectivity index (χ1n) is 13.2. The number of aromatic nitrogens is 4. The summed E-state index contributed by atoms with van der Waals surface area (Å²) in [6, 6.07) is 0. The molecule has 0 aromatic carbocycles. The van der Waals surface area contributed by atoms with E-state index in [9.17, 15) is 9.13 Å². The molecule has 2 rings (SSSR count). The monoisotopic (exact) mass is 641 g/mol. The number of imidazole rings is 1. The molecule has 0 aliphatic carbocycles. The molecule has 41 heavy (non-hydrogen) atoms. The van der Waals surface area contributed by atoms with Gasteiger partial charge in [0.15, 0.2) is 17.0 Å². The zero-order chi connectivity index (χ0) is 31.7. The van der Waals surface area contributed by atoms with Gasteiger partial charge in [-0.3, -0.25) is 27.1 Å². The fourth-order valence-corrected chi connectivity index (χ4v) is 7.35. The van der Waals surface area contributed by atoms with Crippen LogP contribution in [0.5, 0.6) is 0 Å². The van der Waals surface area contributed by atoms with E-state index in [1.807, 2.05) is 0 Å². The summed E-state index contributed by atoms with van der Waals surface area (Å²) in [5.74, 6) is 0.423. The zero-order valence-corrected chi connectivity index (χ0v) is 28.9. The van der Waals surface area contributed by atoms with Crippen LogP contribution in [0.25, 0.3) is 11.2 Å². The van der Waals surface area contributed by atoms with Gasteiger partial charge in [0.05, 0.1) is 41.9 Å². The van der Waals surface area contributed by atoms with Crippen molar-refractivity contribution in [2.45, 2.75) is 118 Å². The lowest BCUT2D eigenvalue weighted by Gasteiger charge is -2.34. The third kappa shape index (κ3) is 12.6. The van der Waals surface area contributed by atoms with Crippen molar-refractivity contribution in [1.29, 1.82) is 0 Å². The molecule has 0 aliphatic rings. The van der Waals surface area contributed by atoms with Crippen LogP contribution in [0.15, 0.2) is 6.33 Å². The fourth-order valence-electron chi connectivity index (χ4n) is 3.39. The normalized spacial score (nSPS) is 15.0. The molecule has 2 aromatic heterocycles. The van der Waals surface area contributed by atoms with Crippen LogP contribution in [-0.2, 0) is 42.8 Å². The maximum Gasteiger partial charge on any atom is 0.476 e. The van der Waals surface area contributed by atoms with E-state index >= 15 is 0 Å². The summed E-state index contributed by atoms with van der Waals surface area (Å²) in [6.45, 7) is 20.3. The van der Waals surface area contributed by atoms with Crippen LogP contribution in [0.3, 0.4) is 0 Å². The molecular weight excluding hydrogens is 596 g/mol. The molecule has 0 bridgehead atoms. The maximum absolute atomic E-state index is 14.0. The van der Waals surface area contributed by atoms with Crippen LogP contribution in [0.4, 0.5) is 5.82 Å². The van der Waals surface area contributed by atoms with Gasteiger partial charge in [-0.1, -0.05) is 0 Å². The molecule has 0 radical (unpaired) electrons. The molecule has 0 spiro atoms. The van der Waals surface area contributed by atoms with E-state index in [0.717, 1.165) is 0 Å². The highest BCUT2D eigenvalue weighted by Gasteiger charge is 2.42. The Hall–Kier alpha value is -1.14. The number of phosphoric ester groups is 2. The Morgan fingerprint density at radius 2 is 1.29 bits per heavy atom. The molecule has 2 aromatic rings. The second-order valence-electron chi connectivity index (χ2n) is 13.4. The second-order valence-corrected chi connectivity index (χ2v) is 16.7. The van der Waals surface area contributed by atoms with Gasteiger partial charge in [-0.25, -0.2) is 14.1 Å². The lowest BCUT2D eigenvalue weighted by Crippen LogP contribution is -2.31. The number of rotatable bonds is 12. The van der Waals surface area contributed by atoms with Crippen molar-refractivity contribution in [2.24, 2.45) is 0 Å². The van der Waals surface area contributed by atoms with Crippen molar-refractivity contribution < 1.29 is 36.3 Å². The molecule has 0 saturated heterocycles. The number of halogens is 1. The maximum atomic E-state index is 14.0. The average molecular weight is 642 g/mol. The van der Waals surface area contributed by atoms with Gasteiger partial charge in [0.1, 0.15) is 6.10 Å². The quantitative estimate of drug-likeness (QED) is 0.182. The second kappa shape index (κ2) is 12.8. The first-order chi connectivity index (χ1) is 18.3. The Kier molecular flexibility index (Phi) is 11.3. The number of fused-ring (bicyclic) bond motifs is 1. The van der Waals surface area contributed by atoms with E-state index in [4.69, 9.17) is 38.7 Å². The SMILES string of the molecule is CNc1nc(Cl)nc2c1ncn2C[C@H](COP(=O)(OC(C)(C)C)OC(C)(C)C)OP(=O)(OC(C)(C)C)OC(C)(C)C. The first kappa shape index (κ1) is 36.1. The summed E-state index contributed by atoms with van der Waals surface area (Å²) in [5.41, 5.74) is -2.68. The molecule has 1 atom stereocenters. The van der Waals surface area contributed by atoms with Crippen molar-refractivity contribution >= 4 is 44.2 Å². The van der Waals surface area contributed by atoms with Crippen LogP contribution in [0, 0.1) is 0 Å². The summed E-state index contributed by atoms with van der Waals surface area (Å²) in [4.78, 5) is 12.8. The number of hydrogen-bond acceptors (Lipinski definition) is 12. The molecule has 0 unspecified atom stereocenters. The van der Waals surface area contributed by atoms with Gasteiger partial charge in [0, 0.05) is 7.05 Å². The molecular formula is C25H46ClN5O8P2. The van der Waals surface area contributed by atoms with Gasteiger partial charge in [0.25, 0.3) is 0 Å². The molecule has 1 N–H and O–H groups in total. The van der Waals surface area contributed by atoms with Crippen molar-refractivity contribution in [3.63, 3.8) is 0 Å². The van der Waals surface area contributed by atoms with E-state index < -0.39 is 44.2 Å². The van der Waals surface area contributed by atoms with Gasteiger partial charge in [0.2, 0.25) is 5.28 Å². The molecule has 16 heteroatoms. The Bertz CT molecular complexity index is 1240. The van der Waals surface area contributed by atoms with Crippen molar-refractivity contribution in [2.75, 3.05) is 19.0 Å². The van der Waals surface area contributed by atoms with Crippen LogP contribution in [0.1, 0.15) is 83.1 Å². The third-order valence-corrected chi connectivity index (χ3v) is 8.59. The third-order valence-electron chi connectivity index (χ3n) is 4.31. The van der Waals surface area contributed by atoms with Crippen LogP contribution < -0.4 is 5.32 Å². The predicted octanol–water partition coefficient (Wildman–Crippen LogP) is 7.40. The number of nitrogens with zero attached hydrogens (tertiary/aromatic N) is 4. The molecule has 0 saturated carbocycles. The first-order valence-corrected chi connectivity index (χ1v) is 16.5. The van der Waals surface area contributed by atoms with E-state index in [-0.39, 0.29) is 18.4 Å². The number of phosphoric acid groups is 2. The van der Waals surface area contributed by atoms with Crippen LogP contribution >= 0.6 is 27.2 Å². The minimum atomic E-state index is -4.24. The summed E-state index contributed by atoms with van der Waals surface area (Å²) in [5, 5.41) is 2.93. The van der Waals surface area contributed by atoms with Crippen molar-refractivity contribution in [3.05, 3.63) is 11.6 Å². The largest absolute Gasteiger partial charge is 0.476 e. The minimum Gasteiger partial charge on any atom is -0.371 e. The van der Waals surface area contributed by atoms with Gasteiger partial charge in [-0.15, -0.1) is 0 Å². The Morgan fingerprint density at radius 1 is 0.829 bits per heavy atom. The van der Waals surface area contributed by atoms with Crippen LogP contribution in [0.2, 0.25) is 5.28 Å². The summed E-state index contributed by atoms with van der Waals surface area (Å²) < 4.78 is 64.5. The lowest BCUT2D eigenvalue weighted by molar-refractivity contribution is -0.0365. The predicted molar refractivity (Wildman–Crippen MR) is 159 cm³/mol. The number of anilines is 1. The minimum absolute atomic E-state index is 0.00298. The smallest absolute Gasteiger partial charge is 0.371 e. The van der Waals surface area contributed by atoms with E-state index in [2.05, 4.69) is 20.3 Å². The van der Waals surface area contributed by atoms with Gasteiger partial charge < -0.3 is 9.88 Å². The zero-order valence-electron chi connectivity index (χ0n) is 26.4. The van der Waals surface area contributed by atoms with E-state index in [1.165, 1.54) is 6.33 Å². The Balaban J connectivity index is 2.55. The molecule has 0 aliphatic heterocycles. The molecule has 13 nitrogen and oxygen atoms in total. The van der Waals surface area contributed by atoms with Crippen molar-refractivity contribution in [1.82, 2.24) is 19.5 Å². The van der Waals surface area contributed by atoms with Gasteiger partial charge in [-0.05, 0) is 94.7 Å². The van der Waals surface area contributed by atoms with E-state index in [1.54, 1.807) is 94.7 Å². The van der Waals surface area contributed by atoms with E-state index in [0.29, 0.717) is 17.0 Å². The molecule has 2 heterocycles. The average Bonchev–Trinajstić information content (AvgIpc) is 3.08. The van der Waals surface area contributed by atoms with Crippen molar-refractivity contribution in [3.8, 4) is 0 Å². The highest BCUT2D eigenvalue weighted by Crippen LogP contribution is 2.58. The molecule has 236 valence electrons. The summed E-state index contributed by atoms with van der Waals surface area (Å²) in [6.07, 6.45) is 0.430. The number of hydrogen-bond donors (Lipinski definition) is 1. The standard InChI is InChI=1S/C25H46ClN5O8P2/c1-22(2,3)36-40(32,37-23(4,5)6)34-15-17(35-41(33,38-24(7,8)9)39-25(10,11)12)14-31-16-28-18-19(27-13)29-21(26)30-20(18)31/h16-17H,14-15H2,1-13H3,(H,27,29,30)/t17-/m1/s1. The highest BCUT2D eigenvalue weighted by atomic mass is 35.5. The number of nitrogens with one attached hydrogen (secondary N) is 1. The fraction of sp³-hybridized carbons (Fsp3) is 0.800. The van der Waals surface area contributed by atoms with Gasteiger partial charge >= 0.3 is 15.6 Å². The highest BCUT2D eigenvalue weighted by molar-refractivity contribution is 7.49. The van der Waals surface area contributed by atoms with Crippen LogP contribution in [-0.4, -0.2) is 61.7 Å². The summed E-state index contributed by atoms with van der Waals surface area (Å²) >= 11 is 6.15.